The summed E-state index contributed by atoms with van der Waals surface area (Å²) in [5, 5.41) is 3.32. The van der Waals surface area contributed by atoms with Crippen molar-refractivity contribution in [2.75, 3.05) is 11.9 Å². The molecule has 0 bridgehead atoms. The van der Waals surface area contributed by atoms with Crippen LogP contribution in [0.4, 0.5) is 10.5 Å². The lowest BCUT2D eigenvalue weighted by Gasteiger charge is -2.13. The lowest BCUT2D eigenvalue weighted by Crippen LogP contribution is -2.03. The smallest absolute Gasteiger partial charge is 0.374 e. The SMILES string of the molecule is CCNc1c(C)cc(COC(=O)Br)cc1C. The normalized spacial score (nSPS) is 10.0. The molecule has 0 fully saturated rings. The van der Waals surface area contributed by atoms with E-state index in [1.165, 1.54) is 11.1 Å². The zero-order valence-corrected chi connectivity index (χ0v) is 11.3. The number of nitrogens with one attached hydrogen (secondary N) is 1. The van der Waals surface area contributed by atoms with Crippen molar-refractivity contribution < 1.29 is 9.53 Å². The summed E-state index contributed by atoms with van der Waals surface area (Å²) in [5.74, 6) is 0. The fourth-order valence-corrected chi connectivity index (χ4v) is 1.85. The van der Waals surface area contributed by atoms with Gasteiger partial charge in [0.15, 0.2) is 0 Å². The van der Waals surface area contributed by atoms with Gasteiger partial charge in [-0.3, -0.25) is 0 Å². The lowest BCUT2D eigenvalue weighted by molar-refractivity contribution is 0.170. The van der Waals surface area contributed by atoms with E-state index in [2.05, 4.69) is 28.2 Å². The summed E-state index contributed by atoms with van der Waals surface area (Å²) in [7, 11) is 0. The third-order valence-electron chi connectivity index (χ3n) is 2.30. The van der Waals surface area contributed by atoms with Crippen LogP contribution in [0.25, 0.3) is 0 Å². The topological polar surface area (TPSA) is 38.3 Å². The van der Waals surface area contributed by atoms with E-state index in [0.717, 1.165) is 17.8 Å². The van der Waals surface area contributed by atoms with Crippen molar-refractivity contribution in [1.29, 1.82) is 0 Å². The number of ether oxygens (including phenoxy) is 1. The van der Waals surface area contributed by atoms with Gasteiger partial charge < -0.3 is 10.1 Å². The average molecular weight is 286 g/mol. The molecule has 88 valence electrons. The van der Waals surface area contributed by atoms with Gasteiger partial charge >= 0.3 is 4.88 Å². The lowest BCUT2D eigenvalue weighted by atomic mass is 10.0. The molecule has 0 aromatic heterocycles. The summed E-state index contributed by atoms with van der Waals surface area (Å²) < 4.78 is 4.90. The highest BCUT2D eigenvalue weighted by Gasteiger charge is 2.05. The van der Waals surface area contributed by atoms with Crippen LogP contribution in [-0.4, -0.2) is 11.4 Å². The molecule has 4 heteroatoms. The van der Waals surface area contributed by atoms with E-state index in [9.17, 15) is 4.79 Å². The van der Waals surface area contributed by atoms with Gasteiger partial charge in [-0.25, -0.2) is 4.79 Å². The Morgan fingerprint density at radius 3 is 2.38 bits per heavy atom. The van der Waals surface area contributed by atoms with Crippen molar-refractivity contribution >= 4 is 26.5 Å². The second-order valence-corrected chi connectivity index (χ2v) is 4.31. The van der Waals surface area contributed by atoms with Crippen LogP contribution in [0.15, 0.2) is 12.1 Å². The van der Waals surface area contributed by atoms with Crippen LogP contribution in [0, 0.1) is 13.8 Å². The van der Waals surface area contributed by atoms with Crippen LogP contribution >= 0.6 is 15.9 Å². The Hall–Kier alpha value is -1.03. The number of hydrogen-bond acceptors (Lipinski definition) is 3. The monoisotopic (exact) mass is 285 g/mol. The summed E-state index contributed by atoms with van der Waals surface area (Å²) in [6.45, 7) is 7.36. The quantitative estimate of drug-likeness (QED) is 0.856. The maximum Gasteiger partial charge on any atom is 0.374 e. The molecule has 0 spiro atoms. The van der Waals surface area contributed by atoms with Gasteiger partial charge in [0.2, 0.25) is 0 Å². The Bertz CT molecular complexity index is 368. The largest absolute Gasteiger partial charge is 0.452 e. The molecule has 0 amide bonds. The molecule has 1 aromatic rings. The van der Waals surface area contributed by atoms with Crippen LogP contribution in [0.5, 0.6) is 0 Å². The van der Waals surface area contributed by atoms with Crippen molar-refractivity contribution in [1.82, 2.24) is 0 Å². The number of benzene rings is 1. The zero-order chi connectivity index (χ0) is 12.1. The Labute approximate surface area is 104 Å². The van der Waals surface area contributed by atoms with Gasteiger partial charge in [-0.05, 0) is 37.5 Å². The Balaban J connectivity index is 2.86. The Morgan fingerprint density at radius 2 is 1.94 bits per heavy atom. The maximum absolute atomic E-state index is 10.6. The molecule has 0 saturated carbocycles. The highest BCUT2D eigenvalue weighted by atomic mass is 79.9. The van der Waals surface area contributed by atoms with E-state index in [1.807, 2.05) is 26.0 Å². The van der Waals surface area contributed by atoms with E-state index >= 15 is 0 Å². The van der Waals surface area contributed by atoms with Crippen molar-refractivity contribution in [2.24, 2.45) is 0 Å². The second kappa shape index (κ2) is 5.89. The molecule has 0 aliphatic carbocycles. The van der Waals surface area contributed by atoms with Gasteiger partial charge in [-0.2, -0.15) is 0 Å². The number of carbonyl (C=O) groups is 1. The minimum absolute atomic E-state index is 0.304. The fraction of sp³-hybridized carbons (Fsp3) is 0.417. The average Bonchev–Trinajstić information content (AvgIpc) is 2.20. The molecule has 1 N–H and O–H groups in total. The van der Waals surface area contributed by atoms with Gasteiger partial charge in [-0.1, -0.05) is 12.1 Å². The van der Waals surface area contributed by atoms with Gasteiger partial charge in [0.05, 0.1) is 0 Å². The fourth-order valence-electron chi connectivity index (χ4n) is 1.73. The minimum atomic E-state index is -0.432. The van der Waals surface area contributed by atoms with Crippen LogP contribution in [0.2, 0.25) is 0 Å². The molecular formula is C12H16BrNO2. The summed E-state index contributed by atoms with van der Waals surface area (Å²) in [5.41, 5.74) is 4.51. The Kier molecular flexibility index (Phi) is 4.80. The molecule has 0 atom stereocenters. The molecule has 0 saturated heterocycles. The van der Waals surface area contributed by atoms with E-state index < -0.39 is 4.88 Å². The molecule has 16 heavy (non-hydrogen) atoms. The molecular weight excluding hydrogens is 270 g/mol. The van der Waals surface area contributed by atoms with E-state index in [-0.39, 0.29) is 0 Å². The molecule has 0 heterocycles. The van der Waals surface area contributed by atoms with Gasteiger partial charge in [0.1, 0.15) is 6.61 Å². The highest BCUT2D eigenvalue weighted by Crippen LogP contribution is 2.22. The van der Waals surface area contributed by atoms with E-state index in [0.29, 0.717) is 6.61 Å². The number of aryl methyl sites for hydroxylation is 2. The molecule has 0 unspecified atom stereocenters. The van der Waals surface area contributed by atoms with Crippen molar-refractivity contribution in [3.63, 3.8) is 0 Å². The molecule has 3 nitrogen and oxygen atoms in total. The first-order valence-corrected chi connectivity index (χ1v) is 6.00. The van der Waals surface area contributed by atoms with Crippen LogP contribution < -0.4 is 5.32 Å². The number of hydrogen-bond donors (Lipinski definition) is 1. The van der Waals surface area contributed by atoms with Gasteiger partial charge in [0, 0.05) is 28.2 Å². The first-order chi connectivity index (χ1) is 7.54. The second-order valence-electron chi connectivity index (χ2n) is 3.66. The number of halogens is 1. The van der Waals surface area contributed by atoms with E-state index in [4.69, 9.17) is 4.74 Å². The number of anilines is 1. The van der Waals surface area contributed by atoms with Crippen LogP contribution in [0.1, 0.15) is 23.6 Å². The minimum Gasteiger partial charge on any atom is -0.452 e. The van der Waals surface area contributed by atoms with Crippen LogP contribution in [0.3, 0.4) is 0 Å². The summed E-state index contributed by atoms with van der Waals surface area (Å²) >= 11 is 2.73. The summed E-state index contributed by atoms with van der Waals surface area (Å²) in [6, 6.07) is 4.06. The van der Waals surface area contributed by atoms with Crippen molar-refractivity contribution in [3.8, 4) is 0 Å². The first-order valence-electron chi connectivity index (χ1n) is 5.20. The summed E-state index contributed by atoms with van der Waals surface area (Å²) in [4.78, 5) is 10.2. The third-order valence-corrected chi connectivity index (χ3v) is 2.53. The predicted octanol–water partition coefficient (Wildman–Crippen LogP) is 3.77. The molecule has 1 aromatic carbocycles. The van der Waals surface area contributed by atoms with Crippen molar-refractivity contribution in [3.05, 3.63) is 28.8 Å². The zero-order valence-electron chi connectivity index (χ0n) is 9.76. The molecule has 0 aliphatic rings. The molecule has 1 rings (SSSR count). The Morgan fingerprint density at radius 1 is 1.38 bits per heavy atom. The van der Waals surface area contributed by atoms with E-state index in [1.54, 1.807) is 0 Å². The third kappa shape index (κ3) is 3.52. The molecule has 0 aliphatic heterocycles. The highest BCUT2D eigenvalue weighted by molar-refractivity contribution is 9.18. The molecule has 0 radical (unpaired) electrons. The van der Waals surface area contributed by atoms with Crippen LogP contribution in [-0.2, 0) is 11.3 Å². The van der Waals surface area contributed by atoms with Crippen molar-refractivity contribution in [2.45, 2.75) is 27.4 Å². The number of rotatable bonds is 4. The first kappa shape index (κ1) is 13.0. The standard InChI is InChI=1S/C12H16BrNO2/c1-4-14-11-8(2)5-10(6-9(11)3)7-16-12(13)15/h5-6,14H,4,7H2,1-3H3. The van der Waals surface area contributed by atoms with Gasteiger partial charge in [-0.15, -0.1) is 0 Å². The maximum atomic E-state index is 10.6. The number of carbonyl (C=O) groups excluding carboxylic acids is 1. The van der Waals surface area contributed by atoms with Gasteiger partial charge in [0.25, 0.3) is 0 Å². The predicted molar refractivity (Wildman–Crippen MR) is 69.2 cm³/mol. The summed E-state index contributed by atoms with van der Waals surface area (Å²) in [6.07, 6.45) is 0.